The number of thioether (sulfide) groups is 1. The molecular formula is C9H18N2OS. The van der Waals surface area contributed by atoms with Crippen LogP contribution in [0, 0.1) is 5.92 Å². The second-order valence-electron chi connectivity index (χ2n) is 3.46. The summed E-state index contributed by atoms with van der Waals surface area (Å²) >= 11 is 1.88. The minimum absolute atomic E-state index is 0.271. The molecule has 1 rings (SSSR count). The van der Waals surface area contributed by atoms with Crippen LogP contribution in [-0.4, -0.2) is 42.4 Å². The van der Waals surface area contributed by atoms with Crippen molar-refractivity contribution in [3.63, 3.8) is 0 Å². The normalized spacial score (nSPS) is 21.8. The van der Waals surface area contributed by atoms with E-state index >= 15 is 0 Å². The second kappa shape index (κ2) is 5.50. The molecule has 0 aliphatic carbocycles. The fraction of sp³-hybridized carbons (Fsp3) is 0.889. The lowest BCUT2D eigenvalue weighted by Gasteiger charge is -2.20. The number of carbonyl (C=O) groups excluding carboxylic acids is 1. The maximum absolute atomic E-state index is 11.7. The number of nitrogens with zero attached hydrogens (tertiary/aromatic N) is 1. The van der Waals surface area contributed by atoms with Gasteiger partial charge in [0.05, 0.1) is 0 Å². The van der Waals surface area contributed by atoms with Crippen molar-refractivity contribution in [1.29, 1.82) is 0 Å². The van der Waals surface area contributed by atoms with Crippen molar-refractivity contribution in [2.24, 2.45) is 11.7 Å². The third kappa shape index (κ3) is 3.19. The van der Waals surface area contributed by atoms with E-state index < -0.39 is 0 Å². The average molecular weight is 202 g/mol. The molecule has 2 N–H and O–H groups in total. The summed E-state index contributed by atoms with van der Waals surface area (Å²) in [4.78, 5) is 13.5. The van der Waals surface area contributed by atoms with E-state index in [4.69, 9.17) is 5.73 Å². The fourth-order valence-electron chi connectivity index (χ4n) is 1.48. The molecule has 1 amide bonds. The van der Waals surface area contributed by atoms with E-state index in [1.165, 1.54) is 0 Å². The van der Waals surface area contributed by atoms with Crippen molar-refractivity contribution in [3.8, 4) is 0 Å². The van der Waals surface area contributed by atoms with Gasteiger partial charge in [-0.2, -0.15) is 11.8 Å². The fourth-order valence-corrected chi connectivity index (χ4v) is 2.69. The summed E-state index contributed by atoms with van der Waals surface area (Å²) in [6.07, 6.45) is 1.96. The number of hydrogen-bond donors (Lipinski definition) is 1. The molecule has 0 saturated carbocycles. The van der Waals surface area contributed by atoms with Crippen LogP contribution in [0.1, 0.15) is 12.8 Å². The number of hydrogen-bond acceptors (Lipinski definition) is 3. The molecule has 0 aromatic carbocycles. The van der Waals surface area contributed by atoms with Gasteiger partial charge in [-0.1, -0.05) is 0 Å². The van der Waals surface area contributed by atoms with Gasteiger partial charge < -0.3 is 10.6 Å². The molecule has 0 radical (unpaired) electrons. The first kappa shape index (κ1) is 10.9. The maximum Gasteiger partial charge on any atom is 0.226 e. The highest BCUT2D eigenvalue weighted by Crippen LogP contribution is 2.24. The van der Waals surface area contributed by atoms with Crippen molar-refractivity contribution >= 4 is 17.7 Å². The van der Waals surface area contributed by atoms with Crippen LogP contribution in [-0.2, 0) is 4.79 Å². The lowest BCUT2D eigenvalue weighted by molar-refractivity contribution is -0.133. The number of nitrogens with two attached hydrogens (primary N) is 1. The van der Waals surface area contributed by atoms with Crippen LogP contribution in [0.4, 0.5) is 0 Å². The van der Waals surface area contributed by atoms with Gasteiger partial charge in [-0.15, -0.1) is 0 Å². The van der Waals surface area contributed by atoms with Gasteiger partial charge in [-0.05, 0) is 25.1 Å². The number of rotatable bonds is 4. The van der Waals surface area contributed by atoms with Crippen molar-refractivity contribution in [1.82, 2.24) is 4.90 Å². The quantitative estimate of drug-likeness (QED) is 0.724. The van der Waals surface area contributed by atoms with Crippen LogP contribution < -0.4 is 5.73 Å². The third-order valence-electron chi connectivity index (χ3n) is 2.35. The van der Waals surface area contributed by atoms with Crippen molar-refractivity contribution in [3.05, 3.63) is 0 Å². The summed E-state index contributed by atoms with van der Waals surface area (Å²) in [5, 5.41) is 0. The molecule has 1 unspecified atom stereocenters. The first-order valence-corrected chi connectivity index (χ1v) is 5.94. The Morgan fingerprint density at radius 2 is 2.46 bits per heavy atom. The van der Waals surface area contributed by atoms with E-state index in [0.717, 1.165) is 30.9 Å². The number of carbonyl (C=O) groups is 1. The lowest BCUT2D eigenvalue weighted by atomic mass is 10.1. The first-order valence-electron chi connectivity index (χ1n) is 4.78. The molecule has 1 heterocycles. The molecule has 0 bridgehead atoms. The Balaban J connectivity index is 2.28. The SMILES string of the molecule is CN(CCCN)C(=O)C1CCSC1. The Morgan fingerprint density at radius 3 is 3.00 bits per heavy atom. The molecule has 13 heavy (non-hydrogen) atoms. The molecule has 1 aliphatic heterocycles. The van der Waals surface area contributed by atoms with Crippen molar-refractivity contribution in [2.45, 2.75) is 12.8 Å². The minimum atomic E-state index is 0.271. The van der Waals surface area contributed by atoms with E-state index in [1.807, 2.05) is 23.7 Å². The van der Waals surface area contributed by atoms with E-state index in [-0.39, 0.29) is 5.92 Å². The van der Waals surface area contributed by atoms with Crippen molar-refractivity contribution in [2.75, 3.05) is 31.6 Å². The summed E-state index contributed by atoms with van der Waals surface area (Å²) < 4.78 is 0. The minimum Gasteiger partial charge on any atom is -0.345 e. The van der Waals surface area contributed by atoms with Crippen molar-refractivity contribution < 1.29 is 4.79 Å². The summed E-state index contributed by atoms with van der Waals surface area (Å²) in [5.74, 6) is 2.72. The first-order chi connectivity index (χ1) is 6.25. The standard InChI is InChI=1S/C9H18N2OS/c1-11(5-2-4-10)9(12)8-3-6-13-7-8/h8H,2-7,10H2,1H3. The molecular weight excluding hydrogens is 184 g/mol. The zero-order valence-corrected chi connectivity index (χ0v) is 8.98. The van der Waals surface area contributed by atoms with E-state index in [0.29, 0.717) is 12.5 Å². The van der Waals surface area contributed by atoms with Gasteiger partial charge in [0.1, 0.15) is 0 Å². The molecule has 1 aliphatic rings. The lowest BCUT2D eigenvalue weighted by Crippen LogP contribution is -2.34. The zero-order valence-electron chi connectivity index (χ0n) is 8.16. The zero-order chi connectivity index (χ0) is 9.68. The highest BCUT2D eigenvalue weighted by Gasteiger charge is 2.25. The summed E-state index contributed by atoms with van der Waals surface area (Å²) in [6, 6.07) is 0. The Bertz CT molecular complexity index is 169. The molecule has 3 nitrogen and oxygen atoms in total. The van der Waals surface area contributed by atoms with Crippen LogP contribution in [0.15, 0.2) is 0 Å². The Kier molecular flexibility index (Phi) is 4.59. The van der Waals surface area contributed by atoms with Gasteiger partial charge in [-0.3, -0.25) is 4.79 Å². The van der Waals surface area contributed by atoms with Crippen LogP contribution in [0.3, 0.4) is 0 Å². The summed E-state index contributed by atoms with van der Waals surface area (Å²) in [6.45, 7) is 1.47. The molecule has 76 valence electrons. The van der Waals surface area contributed by atoms with Gasteiger partial charge in [0.2, 0.25) is 5.91 Å². The van der Waals surface area contributed by atoms with E-state index in [2.05, 4.69) is 0 Å². The monoisotopic (exact) mass is 202 g/mol. The van der Waals surface area contributed by atoms with Crippen LogP contribution in [0.25, 0.3) is 0 Å². The topological polar surface area (TPSA) is 46.3 Å². The number of amides is 1. The predicted octanol–water partition coefficient (Wildman–Crippen LogP) is 0.547. The Hall–Kier alpha value is -0.220. The van der Waals surface area contributed by atoms with Gasteiger partial charge in [0.25, 0.3) is 0 Å². The van der Waals surface area contributed by atoms with Gasteiger partial charge in [-0.25, -0.2) is 0 Å². The highest BCUT2D eigenvalue weighted by atomic mass is 32.2. The average Bonchev–Trinajstić information content (AvgIpc) is 2.65. The van der Waals surface area contributed by atoms with E-state index in [9.17, 15) is 4.79 Å². The van der Waals surface area contributed by atoms with Gasteiger partial charge in [0.15, 0.2) is 0 Å². The summed E-state index contributed by atoms with van der Waals surface area (Å²) in [5.41, 5.74) is 5.39. The van der Waals surface area contributed by atoms with Gasteiger partial charge in [0, 0.05) is 25.3 Å². The molecule has 0 aromatic heterocycles. The van der Waals surface area contributed by atoms with Crippen LogP contribution in [0.5, 0.6) is 0 Å². The van der Waals surface area contributed by atoms with Crippen LogP contribution >= 0.6 is 11.8 Å². The smallest absolute Gasteiger partial charge is 0.226 e. The van der Waals surface area contributed by atoms with Crippen LogP contribution in [0.2, 0.25) is 0 Å². The molecule has 1 fully saturated rings. The maximum atomic E-state index is 11.7. The predicted molar refractivity (Wildman–Crippen MR) is 56.7 cm³/mol. The second-order valence-corrected chi connectivity index (χ2v) is 4.61. The molecule has 0 aromatic rings. The van der Waals surface area contributed by atoms with Gasteiger partial charge >= 0.3 is 0 Å². The molecule has 1 saturated heterocycles. The Labute approximate surface area is 84.0 Å². The largest absolute Gasteiger partial charge is 0.345 e. The molecule has 0 spiro atoms. The molecule has 4 heteroatoms. The summed E-state index contributed by atoms with van der Waals surface area (Å²) in [7, 11) is 1.88. The highest BCUT2D eigenvalue weighted by molar-refractivity contribution is 7.99. The third-order valence-corrected chi connectivity index (χ3v) is 3.52. The van der Waals surface area contributed by atoms with E-state index in [1.54, 1.807) is 0 Å². The molecule has 1 atom stereocenters. The Morgan fingerprint density at radius 1 is 1.69 bits per heavy atom.